The molecule has 0 N–H and O–H groups in total. The molecule has 10 aromatic rings. The molecule has 0 saturated heterocycles. The van der Waals surface area contributed by atoms with E-state index in [2.05, 4.69) is 66.7 Å². The normalized spacial score (nSPS) is 13.3. The highest BCUT2D eigenvalue weighted by Crippen LogP contribution is 2.37. The van der Waals surface area contributed by atoms with Crippen LogP contribution in [0.4, 0.5) is 0 Å². The Bertz CT molecular complexity index is 3360. The molecule has 0 aliphatic heterocycles. The summed E-state index contributed by atoms with van der Waals surface area (Å²) in [6.45, 7) is 0. The maximum absolute atomic E-state index is 9.14. The van der Waals surface area contributed by atoms with E-state index in [1.165, 1.54) is 10.8 Å². The quantitative estimate of drug-likeness (QED) is 0.183. The van der Waals surface area contributed by atoms with Gasteiger partial charge in [0.25, 0.3) is 0 Å². The first kappa shape index (κ1) is 23.4. The first-order valence-electron chi connectivity index (χ1n) is 20.5. The van der Waals surface area contributed by atoms with Gasteiger partial charge in [-0.15, -0.1) is 0 Å². The summed E-state index contributed by atoms with van der Waals surface area (Å²) in [7, 11) is 0. The number of aromatic nitrogens is 3. The van der Waals surface area contributed by atoms with Crippen LogP contribution in [-0.2, 0) is 0 Å². The molecule has 10 rings (SSSR count). The van der Waals surface area contributed by atoms with Gasteiger partial charge in [-0.1, -0.05) is 176 Å². The lowest BCUT2D eigenvalue weighted by Crippen LogP contribution is -2.01. The minimum atomic E-state index is -0.527. The second-order valence-corrected chi connectivity index (χ2v) is 12.7. The topological polar surface area (TPSA) is 38.7 Å². The van der Waals surface area contributed by atoms with Crippen LogP contribution in [0.5, 0.6) is 0 Å². The predicted octanol–water partition coefficient (Wildman–Crippen LogP) is 12.8. The minimum absolute atomic E-state index is 0.0406. The summed E-state index contributed by atoms with van der Waals surface area (Å²) in [5.74, 6) is 0.513. The Morgan fingerprint density at radius 1 is 0.308 bits per heavy atom. The van der Waals surface area contributed by atoms with Crippen LogP contribution in [0, 0.1) is 0 Å². The smallest absolute Gasteiger partial charge is 0.164 e. The fourth-order valence-corrected chi connectivity index (χ4v) is 7.12. The van der Waals surface area contributed by atoms with Crippen LogP contribution >= 0.6 is 0 Å². The summed E-state index contributed by atoms with van der Waals surface area (Å²) >= 11 is 0. The number of hydrogen-bond donors (Lipinski definition) is 0. The van der Waals surface area contributed by atoms with Gasteiger partial charge in [-0.05, 0) is 77.5 Å². The highest BCUT2D eigenvalue weighted by molar-refractivity contribution is 6.04. The third-order valence-corrected chi connectivity index (χ3v) is 9.62. The van der Waals surface area contributed by atoms with Crippen molar-refractivity contribution in [3.8, 4) is 56.4 Å². The number of benzene rings is 9. The van der Waals surface area contributed by atoms with Gasteiger partial charge < -0.3 is 0 Å². The van der Waals surface area contributed by atoms with Crippen molar-refractivity contribution >= 4 is 43.1 Å². The molecule has 1 aromatic heterocycles. The van der Waals surface area contributed by atoms with Crippen LogP contribution in [0.25, 0.3) is 99.5 Å². The van der Waals surface area contributed by atoms with E-state index in [1.54, 1.807) is 0 Å². The van der Waals surface area contributed by atoms with E-state index in [1.807, 2.05) is 78.9 Å². The van der Waals surface area contributed by atoms with Crippen molar-refractivity contribution in [3.05, 3.63) is 188 Å². The Labute approximate surface area is 311 Å². The van der Waals surface area contributed by atoms with Crippen molar-refractivity contribution in [2.75, 3.05) is 0 Å². The average Bonchev–Trinajstić information content (AvgIpc) is 3.28. The van der Waals surface area contributed by atoms with Gasteiger partial charge in [0, 0.05) is 16.7 Å². The maximum Gasteiger partial charge on any atom is 0.164 e. The molecule has 52 heavy (non-hydrogen) atoms. The largest absolute Gasteiger partial charge is 0.208 e. The molecular formula is C49H31N3. The van der Waals surface area contributed by atoms with Crippen molar-refractivity contribution in [3.63, 3.8) is 0 Å². The fourth-order valence-electron chi connectivity index (χ4n) is 7.12. The minimum Gasteiger partial charge on any atom is -0.208 e. The van der Waals surface area contributed by atoms with Gasteiger partial charge in [0.05, 0.1) is 9.60 Å². The number of fused-ring (bicyclic) bond motifs is 4. The first-order valence-corrected chi connectivity index (χ1v) is 17.0. The molecule has 0 atom stereocenters. The molecule has 0 unspecified atom stereocenters. The van der Waals surface area contributed by atoms with Gasteiger partial charge in [-0.2, -0.15) is 0 Å². The van der Waals surface area contributed by atoms with Gasteiger partial charge >= 0.3 is 0 Å². The van der Waals surface area contributed by atoms with Crippen molar-refractivity contribution in [2.45, 2.75) is 0 Å². The van der Waals surface area contributed by atoms with Gasteiger partial charge in [-0.25, -0.2) is 15.0 Å². The highest BCUT2D eigenvalue weighted by atomic mass is 15.0. The van der Waals surface area contributed by atoms with E-state index in [9.17, 15) is 0 Å². The third-order valence-electron chi connectivity index (χ3n) is 9.62. The Morgan fingerprint density at radius 3 is 1.73 bits per heavy atom. The first-order chi connectivity index (χ1) is 28.7. The zero-order valence-electron chi connectivity index (χ0n) is 34.7. The molecule has 1 heterocycles. The zero-order chi connectivity index (χ0) is 40.5. The lowest BCUT2D eigenvalue weighted by molar-refractivity contribution is 1.08. The predicted molar refractivity (Wildman–Crippen MR) is 217 cm³/mol. The molecule has 0 aliphatic carbocycles. The Balaban J connectivity index is 1.22. The number of hydrogen-bond acceptors (Lipinski definition) is 3. The highest BCUT2D eigenvalue weighted by Gasteiger charge is 2.17. The lowest BCUT2D eigenvalue weighted by Gasteiger charge is -2.13. The van der Waals surface area contributed by atoms with E-state index in [-0.39, 0.29) is 33.8 Å². The van der Waals surface area contributed by atoms with Gasteiger partial charge in [-0.3, -0.25) is 0 Å². The number of nitrogens with zero attached hydrogens (tertiary/aromatic N) is 3. The Morgan fingerprint density at radius 2 is 0.885 bits per heavy atom. The van der Waals surface area contributed by atoms with Crippen LogP contribution in [0.2, 0.25) is 0 Å². The molecule has 9 aromatic carbocycles. The van der Waals surface area contributed by atoms with Crippen molar-refractivity contribution in [1.29, 1.82) is 0 Å². The fraction of sp³-hybridized carbons (Fsp3) is 0. The summed E-state index contributed by atoms with van der Waals surface area (Å²) in [4.78, 5) is 14.9. The third kappa shape index (κ3) is 5.19. The van der Waals surface area contributed by atoms with Gasteiger partial charge in [0.15, 0.2) is 17.5 Å². The van der Waals surface area contributed by atoms with Crippen LogP contribution in [0.1, 0.15) is 9.60 Å². The van der Waals surface area contributed by atoms with E-state index in [4.69, 9.17) is 24.5 Å². The SMILES string of the molecule is [2H]c1c([2H])c([2H])c2c(-c3nc(-c4ccc5cc(-c6cccc7ccccc67)ccc5c4)nc(-c4cccc5c(-c6ccccc6)cccc45)n3)c([2H])c([2H])c([2H])c2c1[2H]. The van der Waals surface area contributed by atoms with Crippen LogP contribution < -0.4 is 0 Å². The van der Waals surface area contributed by atoms with Gasteiger partial charge in [0.2, 0.25) is 0 Å². The summed E-state index contributed by atoms with van der Waals surface area (Å²) in [6, 6.07) is 45.6. The lowest BCUT2D eigenvalue weighted by atomic mass is 9.95. The van der Waals surface area contributed by atoms with E-state index >= 15 is 0 Å². The molecule has 0 fully saturated rings. The van der Waals surface area contributed by atoms with Crippen LogP contribution in [0.3, 0.4) is 0 Å². The van der Waals surface area contributed by atoms with E-state index in [0.717, 1.165) is 43.8 Å². The van der Waals surface area contributed by atoms with Crippen LogP contribution in [-0.4, -0.2) is 15.0 Å². The van der Waals surface area contributed by atoms with Gasteiger partial charge in [0.1, 0.15) is 0 Å². The summed E-state index contributed by atoms with van der Waals surface area (Å²) in [6.07, 6.45) is 0. The molecule has 3 heteroatoms. The van der Waals surface area contributed by atoms with E-state index in [0.29, 0.717) is 11.1 Å². The Kier molecular flexibility index (Phi) is 5.60. The molecule has 0 amide bonds. The monoisotopic (exact) mass is 668 g/mol. The summed E-state index contributed by atoms with van der Waals surface area (Å²) in [5, 5.41) is 5.88. The maximum atomic E-state index is 9.14. The molecule has 0 saturated carbocycles. The second-order valence-electron chi connectivity index (χ2n) is 12.7. The van der Waals surface area contributed by atoms with E-state index < -0.39 is 42.3 Å². The zero-order valence-corrected chi connectivity index (χ0v) is 27.7. The molecular weight excluding hydrogens is 631 g/mol. The van der Waals surface area contributed by atoms with Crippen LogP contribution in [0.15, 0.2) is 188 Å². The average molecular weight is 669 g/mol. The Hall–Kier alpha value is -6.97. The molecule has 0 bridgehead atoms. The number of rotatable bonds is 5. The molecule has 0 aliphatic rings. The summed E-state index contributed by atoms with van der Waals surface area (Å²) < 4.78 is 61.1. The second kappa shape index (κ2) is 12.4. The van der Waals surface area contributed by atoms with Crippen molar-refractivity contribution < 1.29 is 9.60 Å². The molecule has 242 valence electrons. The van der Waals surface area contributed by atoms with Crippen molar-refractivity contribution in [2.24, 2.45) is 0 Å². The molecule has 0 radical (unpaired) electrons. The standard InChI is InChI=1S/C49H31N3/c1-2-12-32(13-3-1)40-21-10-23-44-43(40)22-11-25-46(44)49-51-47(50-48(52-49)45-24-9-17-34-15-5-7-19-41(34)45)38-29-27-35-30-37(28-26-36(35)31-38)42-20-8-16-33-14-4-6-18-39(33)42/h1-31H/i5D,7D,9D,15D,17D,19D,24D. The van der Waals surface area contributed by atoms with Crippen molar-refractivity contribution in [1.82, 2.24) is 15.0 Å². The summed E-state index contributed by atoms with van der Waals surface area (Å²) in [5.41, 5.74) is 5.57. The molecule has 0 spiro atoms. The molecule has 3 nitrogen and oxygen atoms in total.